The van der Waals surface area contributed by atoms with Gasteiger partial charge in [-0.15, -0.1) is 0 Å². The van der Waals surface area contributed by atoms with Crippen LogP contribution in [0.1, 0.15) is 0 Å². The van der Waals surface area contributed by atoms with Crippen molar-refractivity contribution in [3.63, 3.8) is 0 Å². The summed E-state index contributed by atoms with van der Waals surface area (Å²) in [6, 6.07) is 0. The van der Waals surface area contributed by atoms with E-state index in [-0.39, 0.29) is 54.6 Å². The summed E-state index contributed by atoms with van der Waals surface area (Å²) in [6.07, 6.45) is 0. The molecule has 0 unspecified atom stereocenters. The molecule has 0 nitrogen and oxygen atoms in total. The van der Waals surface area contributed by atoms with Crippen molar-refractivity contribution in [3.05, 3.63) is 0 Å². The first-order valence-electron chi connectivity index (χ1n) is 0. The standard InChI is InChI=1S/7FH.Ti/h7*1H;/q;;;;;;;+4/p-4. The Bertz CT molecular complexity index is 4.35. The zero-order chi connectivity index (χ0) is 0. The van der Waals surface area contributed by atoms with Gasteiger partial charge in [-0.25, -0.2) is 0 Å². The van der Waals surface area contributed by atoms with Crippen LogP contribution in [-0.4, -0.2) is 0 Å². The Kier molecular flexibility index (Phi) is 5930000. The second kappa shape index (κ2) is 5560. The van der Waals surface area contributed by atoms with Crippen LogP contribution in [0.25, 0.3) is 0 Å². The third-order valence-electron chi connectivity index (χ3n) is 0. The van der Waals surface area contributed by atoms with E-state index in [1.165, 1.54) is 0 Å². The largest absolute Gasteiger partial charge is 4.00 e. The summed E-state index contributed by atoms with van der Waals surface area (Å²) in [5.74, 6) is 0. The van der Waals surface area contributed by atoms with E-state index >= 15 is 0 Å². The van der Waals surface area contributed by atoms with Gasteiger partial charge < -0.3 is 18.8 Å². The van der Waals surface area contributed by atoms with Crippen molar-refractivity contribution in [1.29, 1.82) is 0 Å². The van der Waals surface area contributed by atoms with Gasteiger partial charge in [0.15, 0.2) is 0 Å². The van der Waals surface area contributed by atoms with E-state index in [0.717, 1.165) is 0 Å². The Balaban J connectivity index is 0. The summed E-state index contributed by atoms with van der Waals surface area (Å²) in [4.78, 5) is 0. The van der Waals surface area contributed by atoms with Gasteiger partial charge in [-0.05, 0) is 0 Å². The molecule has 0 radical (unpaired) electrons. The fourth-order valence-electron chi connectivity index (χ4n) is 0. The van der Waals surface area contributed by atoms with E-state index in [4.69, 9.17) is 0 Å². The van der Waals surface area contributed by atoms with E-state index in [0.29, 0.717) is 0 Å². The van der Waals surface area contributed by atoms with Crippen LogP contribution in [0.4, 0.5) is 14.1 Å². The average Bonchev–Trinajstić information content (AvgIpc) is 0. The zero-order valence-corrected chi connectivity index (χ0v) is 4.80. The van der Waals surface area contributed by atoms with Gasteiger partial charge in [-0.3, -0.25) is 14.1 Å². The van der Waals surface area contributed by atoms with Crippen molar-refractivity contribution in [2.24, 2.45) is 0 Å². The topological polar surface area (TPSA) is 0 Å². The van der Waals surface area contributed by atoms with Crippen LogP contribution >= 0.6 is 0 Å². The molecule has 0 atom stereocenters. The predicted molar refractivity (Wildman–Crippen MR) is 7.51 cm³/mol. The van der Waals surface area contributed by atoms with Crippen LogP contribution in [0.15, 0.2) is 0 Å². The van der Waals surface area contributed by atoms with Crippen LogP contribution in [0.2, 0.25) is 0 Å². The van der Waals surface area contributed by atoms with Crippen LogP contribution in [0.3, 0.4) is 0 Å². The molecule has 0 saturated heterocycles. The van der Waals surface area contributed by atoms with Crippen molar-refractivity contribution in [3.8, 4) is 0 Å². The number of rotatable bonds is 0. The summed E-state index contributed by atoms with van der Waals surface area (Å²) in [5.41, 5.74) is 0. The molecule has 0 aliphatic carbocycles. The van der Waals surface area contributed by atoms with Gasteiger partial charge in [0.25, 0.3) is 0 Å². The fourth-order valence-corrected chi connectivity index (χ4v) is 0. The molecule has 0 bridgehead atoms. The molecule has 56 valence electrons. The summed E-state index contributed by atoms with van der Waals surface area (Å²) < 4.78 is 0. The monoisotopic (exact) mass is 184 g/mol. The normalized spacial score (nSPS) is 0. The van der Waals surface area contributed by atoms with Crippen LogP contribution in [0, 0.1) is 0 Å². The molecule has 0 aliphatic heterocycles. The minimum absolute atomic E-state index is 0. The summed E-state index contributed by atoms with van der Waals surface area (Å²) in [6.45, 7) is 0. The molecule has 0 aromatic carbocycles. The van der Waals surface area contributed by atoms with Gasteiger partial charge in [0.1, 0.15) is 0 Å². The molecule has 8 heavy (non-hydrogen) atoms. The van der Waals surface area contributed by atoms with Crippen molar-refractivity contribution in [2.75, 3.05) is 0 Å². The Labute approximate surface area is 55.5 Å². The van der Waals surface area contributed by atoms with Crippen LogP contribution < -0.4 is 18.8 Å². The Morgan fingerprint density at radius 2 is 0.375 bits per heavy atom. The molecule has 0 amide bonds. The maximum absolute atomic E-state index is 0. The molecular formula is H3F7Ti. The summed E-state index contributed by atoms with van der Waals surface area (Å²) >= 11 is 0. The van der Waals surface area contributed by atoms with Gasteiger partial charge in [-0.1, -0.05) is 0 Å². The molecule has 0 fully saturated rings. The maximum Gasteiger partial charge on any atom is 4.00 e. The van der Waals surface area contributed by atoms with Crippen molar-refractivity contribution < 1.29 is 54.6 Å². The first kappa shape index (κ1) is 8530. The molecule has 0 N–H and O–H groups in total. The predicted octanol–water partition coefficient (Wildman–Crippen LogP) is -11.5. The molecule has 0 aromatic rings. The van der Waals surface area contributed by atoms with Crippen molar-refractivity contribution >= 4 is 0 Å². The summed E-state index contributed by atoms with van der Waals surface area (Å²) in [5, 5.41) is 0. The first-order chi connectivity index (χ1) is 0. The van der Waals surface area contributed by atoms with Gasteiger partial charge in [0.05, 0.1) is 0 Å². The SMILES string of the molecule is F.F.F.[F-].[F-].[F-].[F-].[Ti+4]. The molecule has 0 heterocycles. The van der Waals surface area contributed by atoms with Crippen LogP contribution in [0.5, 0.6) is 0 Å². The summed E-state index contributed by atoms with van der Waals surface area (Å²) in [7, 11) is 0. The fraction of sp³-hybridized carbons (Fsp3) is 0. The van der Waals surface area contributed by atoms with Gasteiger partial charge in [-0.2, -0.15) is 0 Å². The van der Waals surface area contributed by atoms with Crippen molar-refractivity contribution in [1.82, 2.24) is 0 Å². The molecule has 0 saturated carbocycles. The number of hydrogen-bond donors (Lipinski definition) is 0. The third kappa shape index (κ3) is 3380. The zero-order valence-electron chi connectivity index (χ0n) is 3.24. The Morgan fingerprint density at radius 3 is 0.375 bits per heavy atom. The third-order valence-corrected chi connectivity index (χ3v) is 0. The van der Waals surface area contributed by atoms with Crippen molar-refractivity contribution in [2.45, 2.75) is 0 Å². The first-order valence-corrected chi connectivity index (χ1v) is 0. The van der Waals surface area contributed by atoms with Gasteiger partial charge in [0.2, 0.25) is 0 Å². The minimum Gasteiger partial charge on any atom is -1.00 e. The maximum atomic E-state index is 0. The van der Waals surface area contributed by atoms with E-state index in [1.807, 2.05) is 0 Å². The molecule has 0 spiro atoms. The number of halogens is 7. The Morgan fingerprint density at radius 1 is 0.375 bits per heavy atom. The molecule has 8 heteroatoms. The minimum atomic E-state index is 0. The second-order valence-corrected chi connectivity index (χ2v) is 0. The van der Waals surface area contributed by atoms with E-state index < -0.39 is 0 Å². The Hall–Kier alpha value is 0.224. The second-order valence-electron chi connectivity index (χ2n) is 0. The van der Waals surface area contributed by atoms with E-state index in [2.05, 4.69) is 0 Å². The average molecular weight is 184 g/mol. The van der Waals surface area contributed by atoms with Gasteiger partial charge in [0, 0.05) is 0 Å². The van der Waals surface area contributed by atoms with E-state index in [1.54, 1.807) is 0 Å². The van der Waals surface area contributed by atoms with E-state index in [9.17, 15) is 0 Å². The molecular weight excluding hydrogens is 181 g/mol. The number of hydrogen-bond acceptors (Lipinski definition) is 0. The smallest absolute Gasteiger partial charge is 1.00 e. The quantitative estimate of drug-likeness (QED) is 0.259. The molecule has 0 rings (SSSR count). The molecule has 0 aromatic heterocycles. The molecule has 0 aliphatic rings. The van der Waals surface area contributed by atoms with Gasteiger partial charge >= 0.3 is 21.7 Å². The van der Waals surface area contributed by atoms with Crippen LogP contribution in [-0.2, 0) is 21.7 Å².